The molecule has 25 heavy (non-hydrogen) atoms. The number of carbonyl (C=O) groups is 1. The topological polar surface area (TPSA) is 127 Å². The third-order valence-electron chi connectivity index (χ3n) is 5.76. The second-order valence-corrected chi connectivity index (χ2v) is 7.68. The van der Waals surface area contributed by atoms with Crippen LogP contribution in [-0.4, -0.2) is 32.9 Å². The number of aromatic nitrogens is 2. The molecule has 4 bridgehead atoms. The van der Waals surface area contributed by atoms with Gasteiger partial charge in [-0.25, -0.2) is 0 Å². The first-order chi connectivity index (χ1) is 11.9. The van der Waals surface area contributed by atoms with Gasteiger partial charge >= 0.3 is 17.1 Å². The molecule has 5 rings (SSSR count). The number of nitro groups is 1. The van der Waals surface area contributed by atoms with Gasteiger partial charge in [0, 0.05) is 5.54 Å². The summed E-state index contributed by atoms with van der Waals surface area (Å²) < 4.78 is 5.17. The summed E-state index contributed by atoms with van der Waals surface area (Å²) in [6, 6.07) is 0. The normalized spacial score (nSPS) is 32.4. The van der Waals surface area contributed by atoms with Crippen molar-refractivity contribution in [3.05, 3.63) is 26.8 Å². The number of rotatable bonds is 5. The minimum atomic E-state index is -0.906. The molecule has 2 N–H and O–H groups in total. The smallest absolute Gasteiger partial charge is 0.395 e. The van der Waals surface area contributed by atoms with Crippen LogP contribution in [0, 0.1) is 27.9 Å². The fraction of sp³-hybridized carbons (Fsp3) is 0.688. The Labute approximate surface area is 143 Å². The van der Waals surface area contributed by atoms with Crippen molar-refractivity contribution in [1.82, 2.24) is 15.3 Å². The van der Waals surface area contributed by atoms with E-state index in [2.05, 4.69) is 15.3 Å². The lowest BCUT2D eigenvalue weighted by molar-refractivity contribution is -0.387. The molecule has 0 atom stereocenters. The van der Waals surface area contributed by atoms with E-state index in [4.69, 9.17) is 4.74 Å². The molecule has 0 saturated heterocycles. The monoisotopic (exact) mass is 348 g/mol. The van der Waals surface area contributed by atoms with E-state index in [1.165, 1.54) is 19.3 Å². The van der Waals surface area contributed by atoms with Gasteiger partial charge in [0.1, 0.15) is 0 Å². The predicted octanol–water partition coefficient (Wildman–Crippen LogP) is 1.14. The van der Waals surface area contributed by atoms with Gasteiger partial charge in [0.2, 0.25) is 0 Å². The molecule has 9 nitrogen and oxygen atoms in total. The SMILES string of the molecule is O=C(COc1nc[nH]c(=O)c1[N+](=O)[O-])NC12CC3CC(CC(C3)C1)C2. The summed E-state index contributed by atoms with van der Waals surface area (Å²) in [4.78, 5) is 39.7. The molecular formula is C16H20N4O5. The van der Waals surface area contributed by atoms with Crippen molar-refractivity contribution < 1.29 is 14.5 Å². The summed E-state index contributed by atoms with van der Waals surface area (Å²) >= 11 is 0. The number of ether oxygens (including phenoxy) is 1. The quantitative estimate of drug-likeness (QED) is 0.607. The van der Waals surface area contributed by atoms with Gasteiger partial charge < -0.3 is 15.0 Å². The van der Waals surface area contributed by atoms with Gasteiger partial charge in [-0.15, -0.1) is 0 Å². The van der Waals surface area contributed by atoms with Gasteiger partial charge in [0.25, 0.3) is 5.91 Å². The first kappa shape index (κ1) is 16.0. The molecule has 1 aromatic heterocycles. The van der Waals surface area contributed by atoms with Crippen molar-refractivity contribution in [1.29, 1.82) is 0 Å². The molecule has 4 aliphatic rings. The molecule has 4 saturated carbocycles. The van der Waals surface area contributed by atoms with Crippen LogP contribution in [0.15, 0.2) is 11.1 Å². The number of amides is 1. The molecular weight excluding hydrogens is 328 g/mol. The Kier molecular flexibility index (Phi) is 3.73. The molecule has 4 aliphatic carbocycles. The Morgan fingerprint density at radius 3 is 2.48 bits per heavy atom. The summed E-state index contributed by atoms with van der Waals surface area (Å²) in [7, 11) is 0. The molecule has 9 heteroatoms. The first-order valence-electron chi connectivity index (χ1n) is 8.60. The minimum absolute atomic E-state index is 0.150. The maximum Gasteiger partial charge on any atom is 0.395 e. The highest BCUT2D eigenvalue weighted by atomic mass is 16.6. The molecule has 0 radical (unpaired) electrons. The number of H-pyrrole nitrogens is 1. The van der Waals surface area contributed by atoms with Gasteiger partial charge in [0.05, 0.1) is 11.3 Å². The van der Waals surface area contributed by atoms with Crippen LogP contribution in [0.4, 0.5) is 5.69 Å². The Morgan fingerprint density at radius 1 is 1.32 bits per heavy atom. The van der Waals surface area contributed by atoms with E-state index in [1.807, 2.05) is 0 Å². The highest BCUT2D eigenvalue weighted by Crippen LogP contribution is 2.55. The zero-order valence-corrected chi connectivity index (χ0v) is 13.7. The summed E-state index contributed by atoms with van der Waals surface area (Å²) in [5.41, 5.74) is -1.84. The molecule has 0 aliphatic heterocycles. The summed E-state index contributed by atoms with van der Waals surface area (Å²) in [6.07, 6.45) is 7.86. The molecule has 4 fully saturated rings. The number of nitrogens with zero attached hydrogens (tertiary/aromatic N) is 2. The van der Waals surface area contributed by atoms with Crippen LogP contribution in [0.25, 0.3) is 0 Å². The fourth-order valence-corrected chi connectivity index (χ4v) is 5.37. The van der Waals surface area contributed by atoms with Crippen molar-refractivity contribution in [2.24, 2.45) is 17.8 Å². The molecule has 0 aromatic carbocycles. The number of hydrogen-bond donors (Lipinski definition) is 2. The van der Waals surface area contributed by atoms with Crippen LogP contribution in [0.1, 0.15) is 38.5 Å². The summed E-state index contributed by atoms with van der Waals surface area (Å²) in [5, 5.41) is 14.1. The molecule has 1 heterocycles. The van der Waals surface area contributed by atoms with Gasteiger partial charge in [-0.05, 0) is 56.3 Å². The molecule has 0 unspecified atom stereocenters. The Balaban J connectivity index is 1.42. The Bertz CT molecular complexity index is 739. The molecule has 1 amide bonds. The van der Waals surface area contributed by atoms with Crippen LogP contribution in [-0.2, 0) is 4.79 Å². The van der Waals surface area contributed by atoms with E-state index >= 15 is 0 Å². The highest BCUT2D eigenvalue weighted by molar-refractivity contribution is 5.78. The number of aromatic amines is 1. The van der Waals surface area contributed by atoms with E-state index in [1.54, 1.807) is 0 Å². The van der Waals surface area contributed by atoms with Crippen molar-refractivity contribution in [3.8, 4) is 5.88 Å². The van der Waals surface area contributed by atoms with Crippen molar-refractivity contribution in [3.63, 3.8) is 0 Å². The largest absolute Gasteiger partial charge is 0.463 e. The predicted molar refractivity (Wildman–Crippen MR) is 86.1 cm³/mol. The summed E-state index contributed by atoms with van der Waals surface area (Å²) in [6.45, 7) is -0.390. The second kappa shape index (κ2) is 5.82. The zero-order chi connectivity index (χ0) is 17.6. The van der Waals surface area contributed by atoms with Gasteiger partial charge in [0.15, 0.2) is 6.61 Å². The minimum Gasteiger partial charge on any atom is -0.463 e. The number of nitrogens with one attached hydrogen (secondary N) is 2. The molecule has 0 spiro atoms. The van der Waals surface area contributed by atoms with E-state index in [0.29, 0.717) is 17.8 Å². The number of hydrogen-bond acceptors (Lipinski definition) is 6. The van der Waals surface area contributed by atoms with E-state index < -0.39 is 22.0 Å². The third kappa shape index (κ3) is 2.98. The van der Waals surface area contributed by atoms with Crippen molar-refractivity contribution in [2.45, 2.75) is 44.1 Å². The van der Waals surface area contributed by atoms with Crippen molar-refractivity contribution in [2.75, 3.05) is 6.61 Å². The van der Waals surface area contributed by atoms with E-state index in [9.17, 15) is 19.7 Å². The standard InChI is InChI=1S/C16H20N4O5/c21-12(7-25-15-13(20(23)24)14(22)17-8-18-15)19-16-4-9-1-10(5-16)3-11(2-9)6-16/h8-11H,1-7H2,(H,19,21)(H,17,18,22). The Morgan fingerprint density at radius 2 is 1.92 bits per heavy atom. The van der Waals surface area contributed by atoms with Gasteiger partial charge in [-0.1, -0.05) is 0 Å². The molecule has 1 aromatic rings. The van der Waals surface area contributed by atoms with Crippen LogP contribution in [0.5, 0.6) is 5.88 Å². The first-order valence-corrected chi connectivity index (χ1v) is 8.60. The number of carbonyl (C=O) groups excluding carboxylic acids is 1. The average molecular weight is 348 g/mol. The van der Waals surface area contributed by atoms with Crippen LogP contribution in [0.2, 0.25) is 0 Å². The van der Waals surface area contributed by atoms with Crippen LogP contribution < -0.4 is 15.6 Å². The zero-order valence-electron chi connectivity index (χ0n) is 13.7. The maximum absolute atomic E-state index is 12.3. The van der Waals surface area contributed by atoms with Crippen molar-refractivity contribution >= 4 is 11.6 Å². The lowest BCUT2D eigenvalue weighted by Crippen LogP contribution is -2.60. The van der Waals surface area contributed by atoms with E-state index in [0.717, 1.165) is 25.6 Å². The van der Waals surface area contributed by atoms with Crippen LogP contribution in [0.3, 0.4) is 0 Å². The van der Waals surface area contributed by atoms with Gasteiger partial charge in [-0.2, -0.15) is 4.98 Å². The highest BCUT2D eigenvalue weighted by Gasteiger charge is 2.51. The lowest BCUT2D eigenvalue weighted by atomic mass is 9.53. The maximum atomic E-state index is 12.3. The average Bonchev–Trinajstić information content (AvgIpc) is 2.50. The summed E-state index contributed by atoms with van der Waals surface area (Å²) in [5.74, 6) is 1.33. The van der Waals surface area contributed by atoms with E-state index in [-0.39, 0.29) is 18.1 Å². The lowest BCUT2D eigenvalue weighted by Gasteiger charge is -2.56. The molecule has 134 valence electrons. The second-order valence-electron chi connectivity index (χ2n) is 7.68. The third-order valence-corrected chi connectivity index (χ3v) is 5.76. The fourth-order valence-electron chi connectivity index (χ4n) is 5.37. The Hall–Kier alpha value is -2.45. The van der Waals surface area contributed by atoms with Gasteiger partial charge in [-0.3, -0.25) is 19.7 Å². The van der Waals surface area contributed by atoms with Crippen LogP contribution >= 0.6 is 0 Å².